The summed E-state index contributed by atoms with van der Waals surface area (Å²) < 4.78 is 5.81. The monoisotopic (exact) mass is 334 g/mol. The molecule has 7 heteroatoms. The molecule has 0 aliphatic heterocycles. The Bertz CT molecular complexity index is 670. The molecular formula is C16H22N4O2S. The molecule has 0 saturated heterocycles. The van der Waals surface area contributed by atoms with E-state index in [1.54, 1.807) is 4.90 Å². The van der Waals surface area contributed by atoms with Crippen LogP contribution in [0.1, 0.15) is 16.1 Å². The highest BCUT2D eigenvalue weighted by molar-refractivity contribution is 7.15. The molecule has 0 spiro atoms. The summed E-state index contributed by atoms with van der Waals surface area (Å²) >= 11 is 1.38. The van der Waals surface area contributed by atoms with Crippen molar-refractivity contribution in [2.24, 2.45) is 0 Å². The molecule has 1 aromatic carbocycles. The molecule has 0 bridgehead atoms. The molecule has 1 amide bonds. The minimum Gasteiger partial charge on any atom is -0.493 e. The van der Waals surface area contributed by atoms with E-state index in [2.05, 4.69) is 21.6 Å². The third kappa shape index (κ3) is 5.61. The van der Waals surface area contributed by atoms with E-state index < -0.39 is 0 Å². The van der Waals surface area contributed by atoms with E-state index >= 15 is 0 Å². The van der Waals surface area contributed by atoms with Gasteiger partial charge in [0.05, 0.1) is 13.2 Å². The van der Waals surface area contributed by atoms with Gasteiger partial charge < -0.3 is 9.64 Å². The number of hydrogen-bond acceptors (Lipinski definition) is 6. The number of aromatic nitrogens is 2. The largest absolute Gasteiger partial charge is 0.493 e. The average Bonchev–Trinajstić information content (AvgIpc) is 2.89. The molecule has 2 aromatic rings. The smallest absolute Gasteiger partial charge is 0.240 e. The summed E-state index contributed by atoms with van der Waals surface area (Å²) in [6.45, 7) is 4.92. The second-order valence-electron chi connectivity index (χ2n) is 5.65. The summed E-state index contributed by atoms with van der Waals surface area (Å²) in [5.41, 5.74) is 2.29. The summed E-state index contributed by atoms with van der Waals surface area (Å²) in [5, 5.41) is 12.2. The van der Waals surface area contributed by atoms with Gasteiger partial charge in [-0.15, -0.1) is 10.2 Å². The van der Waals surface area contributed by atoms with Crippen LogP contribution in [0.15, 0.2) is 18.2 Å². The molecule has 0 fully saturated rings. The Balaban J connectivity index is 1.83. The van der Waals surface area contributed by atoms with Gasteiger partial charge in [0.2, 0.25) is 11.0 Å². The van der Waals surface area contributed by atoms with Crippen molar-refractivity contribution in [2.75, 3.05) is 32.6 Å². The number of nitrogens with one attached hydrogen (secondary N) is 1. The fourth-order valence-corrected chi connectivity index (χ4v) is 2.70. The van der Waals surface area contributed by atoms with Gasteiger partial charge in [-0.05, 0) is 45.1 Å². The first-order valence-corrected chi connectivity index (χ1v) is 8.22. The van der Waals surface area contributed by atoms with E-state index in [0.29, 0.717) is 24.7 Å². The number of amides is 1. The van der Waals surface area contributed by atoms with Crippen molar-refractivity contribution < 1.29 is 9.53 Å². The maximum Gasteiger partial charge on any atom is 0.240 e. The summed E-state index contributed by atoms with van der Waals surface area (Å²) in [7, 11) is 3.69. The highest BCUT2D eigenvalue weighted by atomic mass is 32.1. The minimum atomic E-state index is -0.0932. The first-order valence-electron chi connectivity index (χ1n) is 7.41. The zero-order valence-electron chi connectivity index (χ0n) is 13.9. The number of carbonyl (C=O) groups is 1. The molecular weight excluding hydrogens is 312 g/mol. The molecule has 23 heavy (non-hydrogen) atoms. The molecule has 124 valence electrons. The quantitative estimate of drug-likeness (QED) is 0.841. The Kier molecular flexibility index (Phi) is 6.06. The molecule has 1 N–H and O–H groups in total. The summed E-state index contributed by atoms with van der Waals surface area (Å²) in [6.07, 6.45) is 0.661. The van der Waals surface area contributed by atoms with Crippen LogP contribution < -0.4 is 10.1 Å². The molecule has 0 atom stereocenters. The van der Waals surface area contributed by atoms with E-state index in [1.807, 2.05) is 40.1 Å². The first kappa shape index (κ1) is 17.4. The highest BCUT2D eigenvalue weighted by Gasteiger charge is 2.09. The Labute approximate surface area is 140 Å². The van der Waals surface area contributed by atoms with Crippen LogP contribution in [-0.4, -0.2) is 48.3 Å². The summed E-state index contributed by atoms with van der Waals surface area (Å²) in [5.74, 6) is 0.804. The highest BCUT2D eigenvalue weighted by Crippen LogP contribution is 2.20. The van der Waals surface area contributed by atoms with E-state index in [1.165, 1.54) is 16.9 Å². The van der Waals surface area contributed by atoms with Crippen LogP contribution in [0.5, 0.6) is 5.75 Å². The zero-order valence-corrected chi connectivity index (χ0v) is 14.7. The van der Waals surface area contributed by atoms with Gasteiger partial charge in [-0.1, -0.05) is 23.5 Å². The number of carbonyl (C=O) groups excluding carboxylic acids is 1. The minimum absolute atomic E-state index is 0.0932. The van der Waals surface area contributed by atoms with Crippen LogP contribution >= 0.6 is 11.3 Å². The van der Waals surface area contributed by atoms with Gasteiger partial charge in [0.1, 0.15) is 10.8 Å². The lowest BCUT2D eigenvalue weighted by atomic mass is 10.1. The molecule has 0 radical (unpaired) electrons. The average molecular weight is 334 g/mol. The maximum atomic E-state index is 11.7. The molecule has 2 rings (SSSR count). The predicted octanol–water partition coefficient (Wildman–Crippen LogP) is 2.28. The third-order valence-corrected chi connectivity index (χ3v) is 3.99. The second kappa shape index (κ2) is 8.03. The Morgan fingerprint density at radius 3 is 2.83 bits per heavy atom. The van der Waals surface area contributed by atoms with Crippen molar-refractivity contribution in [2.45, 2.75) is 20.3 Å². The topological polar surface area (TPSA) is 67.4 Å². The number of aryl methyl sites for hydroxylation is 2. The van der Waals surface area contributed by atoms with Crippen LogP contribution in [0.25, 0.3) is 0 Å². The van der Waals surface area contributed by atoms with E-state index in [9.17, 15) is 4.79 Å². The third-order valence-electron chi connectivity index (χ3n) is 3.09. The molecule has 0 aliphatic rings. The van der Waals surface area contributed by atoms with Crippen LogP contribution in [-0.2, 0) is 11.2 Å². The Morgan fingerprint density at radius 1 is 1.30 bits per heavy atom. The van der Waals surface area contributed by atoms with Gasteiger partial charge in [0.15, 0.2) is 0 Å². The van der Waals surface area contributed by atoms with Crippen molar-refractivity contribution in [1.29, 1.82) is 0 Å². The van der Waals surface area contributed by atoms with Crippen molar-refractivity contribution in [3.63, 3.8) is 0 Å². The number of ether oxygens (including phenoxy) is 1. The zero-order chi connectivity index (χ0) is 16.8. The van der Waals surface area contributed by atoms with Crippen LogP contribution in [0.3, 0.4) is 0 Å². The number of hydrogen-bond donors (Lipinski definition) is 1. The van der Waals surface area contributed by atoms with Crippen molar-refractivity contribution in [1.82, 2.24) is 15.1 Å². The Morgan fingerprint density at radius 2 is 2.09 bits per heavy atom. The van der Waals surface area contributed by atoms with Gasteiger partial charge in [-0.25, -0.2) is 0 Å². The molecule has 1 aromatic heterocycles. The number of nitrogens with zero attached hydrogens (tertiary/aromatic N) is 3. The SMILES string of the molecule is Cc1ccc(C)c(OCCc2nnc(NC(=O)CN(C)C)s2)c1. The van der Waals surface area contributed by atoms with Crippen molar-refractivity contribution in [3.05, 3.63) is 34.3 Å². The maximum absolute atomic E-state index is 11.7. The van der Waals surface area contributed by atoms with Gasteiger partial charge >= 0.3 is 0 Å². The fourth-order valence-electron chi connectivity index (χ4n) is 1.96. The number of rotatable bonds is 7. The van der Waals surface area contributed by atoms with Gasteiger partial charge in [0, 0.05) is 6.42 Å². The van der Waals surface area contributed by atoms with E-state index in [0.717, 1.165) is 16.3 Å². The lowest BCUT2D eigenvalue weighted by Crippen LogP contribution is -2.26. The lowest BCUT2D eigenvalue weighted by Gasteiger charge is -2.08. The summed E-state index contributed by atoms with van der Waals surface area (Å²) in [4.78, 5) is 13.5. The van der Waals surface area contributed by atoms with Crippen LogP contribution in [0.2, 0.25) is 0 Å². The summed E-state index contributed by atoms with van der Waals surface area (Å²) in [6, 6.07) is 6.14. The normalized spacial score (nSPS) is 10.8. The van der Waals surface area contributed by atoms with Crippen LogP contribution in [0.4, 0.5) is 5.13 Å². The van der Waals surface area contributed by atoms with Gasteiger partial charge in [-0.2, -0.15) is 0 Å². The molecule has 0 saturated carbocycles. The van der Waals surface area contributed by atoms with Gasteiger partial charge in [-0.3, -0.25) is 10.1 Å². The van der Waals surface area contributed by atoms with Crippen LogP contribution in [0, 0.1) is 13.8 Å². The number of benzene rings is 1. The van der Waals surface area contributed by atoms with Crippen molar-refractivity contribution in [3.8, 4) is 5.75 Å². The van der Waals surface area contributed by atoms with E-state index in [-0.39, 0.29) is 5.91 Å². The van der Waals surface area contributed by atoms with E-state index in [4.69, 9.17) is 4.74 Å². The standard InChI is InChI=1S/C16H22N4O2S/c1-11-5-6-12(2)13(9-11)22-8-7-15-18-19-16(23-15)17-14(21)10-20(3)4/h5-6,9H,7-8,10H2,1-4H3,(H,17,19,21). The lowest BCUT2D eigenvalue weighted by molar-refractivity contribution is -0.116. The van der Waals surface area contributed by atoms with Crippen molar-refractivity contribution >= 4 is 22.4 Å². The predicted molar refractivity (Wildman–Crippen MR) is 92.2 cm³/mol. The molecule has 0 aliphatic carbocycles. The molecule has 6 nitrogen and oxygen atoms in total. The fraction of sp³-hybridized carbons (Fsp3) is 0.438. The Hall–Kier alpha value is -1.99. The molecule has 1 heterocycles. The second-order valence-corrected chi connectivity index (χ2v) is 6.72. The number of anilines is 1. The first-order chi connectivity index (χ1) is 10.9. The van der Waals surface area contributed by atoms with Gasteiger partial charge in [0.25, 0.3) is 0 Å². The number of likely N-dealkylation sites (N-methyl/N-ethyl adjacent to an activating group) is 1. The molecule has 0 unspecified atom stereocenters.